The summed E-state index contributed by atoms with van der Waals surface area (Å²) < 4.78 is 27.5. The van der Waals surface area contributed by atoms with E-state index in [1.807, 2.05) is 44.2 Å². The Hall–Kier alpha value is -3.23. The fraction of sp³-hybridized carbons (Fsp3) is 0.773. The molecule has 1 aromatic rings. The number of nitrogens with two attached hydrogens (primary N) is 4. The summed E-state index contributed by atoms with van der Waals surface area (Å²) in [5.74, 6) is -1.63. The number of esters is 1. The summed E-state index contributed by atoms with van der Waals surface area (Å²) in [5, 5.41) is 87.5. The van der Waals surface area contributed by atoms with Crippen LogP contribution in [0.25, 0.3) is 0 Å². The molecule has 4 aliphatic heterocycles. The van der Waals surface area contributed by atoms with E-state index in [4.69, 9.17) is 46.6 Å². The van der Waals surface area contributed by atoms with Gasteiger partial charge < -0.3 is 108 Å². The van der Waals surface area contributed by atoms with Crippen LogP contribution in [0.1, 0.15) is 46.1 Å². The zero-order valence-electron chi connectivity index (χ0n) is 39.8. The van der Waals surface area contributed by atoms with Gasteiger partial charge in [0.05, 0.1) is 25.1 Å². The van der Waals surface area contributed by atoms with Crippen molar-refractivity contribution < 1.29 is 83.7 Å². The summed E-state index contributed by atoms with van der Waals surface area (Å²) in [6, 6.07) is 4.73. The number of likely N-dealkylation sites (N-methyl/N-ethyl adjacent to an activating group) is 1. The van der Waals surface area contributed by atoms with Crippen LogP contribution in [0.5, 0.6) is 0 Å². The minimum atomic E-state index is -1.76. The number of hydrogen-bond donors (Lipinski definition) is 14. The number of nitrogens with one attached hydrogen (secondary N) is 2. The second-order valence-corrected chi connectivity index (χ2v) is 20.3. The van der Waals surface area contributed by atoms with Crippen LogP contribution in [-0.4, -0.2) is 240 Å². The molecule has 1 saturated carbocycles. The predicted octanol–water partition coefficient (Wildman–Crippen LogP) is -6.76. The van der Waals surface area contributed by atoms with E-state index in [0.29, 0.717) is 13.2 Å². The van der Waals surface area contributed by atoms with Gasteiger partial charge in [-0.1, -0.05) is 44.2 Å². The third-order valence-electron chi connectivity index (χ3n) is 13.2. The molecule has 1 aliphatic carbocycles. The number of ether oxygens (including phenoxy) is 5. The van der Waals surface area contributed by atoms with Crippen molar-refractivity contribution in [3.05, 3.63) is 35.9 Å². The highest BCUT2D eigenvalue weighted by molar-refractivity contribution is 8.01. The lowest BCUT2D eigenvalue weighted by Gasteiger charge is -2.49. The van der Waals surface area contributed by atoms with Crippen LogP contribution in [-0.2, 0) is 49.3 Å². The molecule has 70 heavy (non-hydrogen) atoms. The molecule has 398 valence electrons. The van der Waals surface area contributed by atoms with Crippen LogP contribution in [0.3, 0.4) is 0 Å². The van der Waals surface area contributed by atoms with Gasteiger partial charge in [0.2, 0.25) is 17.7 Å². The van der Waals surface area contributed by atoms with Crippen molar-refractivity contribution >= 4 is 35.5 Å². The Morgan fingerprint density at radius 1 is 0.886 bits per heavy atom. The van der Waals surface area contributed by atoms with E-state index in [0.717, 1.165) is 18.7 Å². The number of aliphatic hydroxyl groups is 8. The first-order valence-corrected chi connectivity index (χ1v) is 24.4. The van der Waals surface area contributed by atoms with Crippen molar-refractivity contribution in [3.63, 3.8) is 0 Å². The molecule has 3 amide bonds. The first kappa shape index (κ1) is 57.7. The minimum absolute atomic E-state index is 0.0101. The summed E-state index contributed by atoms with van der Waals surface area (Å²) in [6.07, 6.45) is -19.6. The molecule has 19 atom stereocenters. The number of carbonyl (C=O) groups is 4. The van der Waals surface area contributed by atoms with E-state index in [9.17, 15) is 60.0 Å². The van der Waals surface area contributed by atoms with Gasteiger partial charge in [0.15, 0.2) is 12.6 Å². The first-order chi connectivity index (χ1) is 33.1. The number of aliphatic hydroxyl groups excluding tert-OH is 8. The Bertz CT molecular complexity index is 1860. The molecule has 5 fully saturated rings. The highest BCUT2D eigenvalue weighted by Crippen LogP contribution is 2.51. The fourth-order valence-corrected chi connectivity index (χ4v) is 10.7. The molecular weight excluding hydrogens is 945 g/mol. The Kier molecular flexibility index (Phi) is 21.1. The maximum atomic E-state index is 12.8. The number of benzene rings is 1. The van der Waals surface area contributed by atoms with Crippen LogP contribution < -0.4 is 33.6 Å². The van der Waals surface area contributed by atoms with Gasteiger partial charge in [-0.15, -0.1) is 11.8 Å². The van der Waals surface area contributed by atoms with Gasteiger partial charge in [0.1, 0.15) is 91.2 Å². The summed E-state index contributed by atoms with van der Waals surface area (Å²) >= 11 is 1.54. The van der Waals surface area contributed by atoms with Crippen molar-refractivity contribution in [2.75, 3.05) is 45.9 Å². The largest absolute Gasteiger partial charge is 0.463 e. The van der Waals surface area contributed by atoms with E-state index in [-0.39, 0.29) is 55.5 Å². The SMILES string of the molecule is CCN(CC)CCOC(=O)[C@@H]1N2C(=O)[C@@H](NC(=O)Cc3ccccc3)[C@H]2SC1(C)C.NCC[C@H](O)C(=O)N[C@@H]1C[C@H](N)[C@@H](O[C@H]2O[C@H](CN)[C@@H](O)[C@H](O)[C@H]2O)[C@H](O)[C@H]1O[C@H]1O[C@H](CO)[C@@H](O)[C@H](N)[C@H]1O. The number of nitrogens with zero attached hydrogens (tertiary/aromatic N) is 2. The monoisotopic (exact) mass is 1020 g/mol. The van der Waals surface area contributed by atoms with Crippen LogP contribution >= 0.6 is 11.8 Å². The van der Waals surface area contributed by atoms with E-state index >= 15 is 0 Å². The Labute approximate surface area is 410 Å². The standard InChI is InChI=1S/C22H43N5O13.C22H31N3O4S/c23-2-1-8(29)20(36)27-7-3-6(25)18(39-22-16(34)15(33)13(31)9(4-24)37-22)17(35)19(7)40-21-14(32)11(26)12(30)10(5-28)38-21;1-5-24(6-2)12-13-29-21(28)18-22(3,4)30-20-17(19(27)25(18)20)23-16(26)14-15-10-8-7-9-11-15/h6-19,21-22,28-35H,1-5,23-26H2,(H,27,36);7-11,17-18,20H,5-6,12-14H2,1-4H3,(H,23,26)/t6-,7+,8-,9+,10+,11-,12+,13+,14+,15-,16+,17-,18+,19-,21+,22+;17-,18+,20-/m01/s1. The summed E-state index contributed by atoms with van der Waals surface area (Å²) in [5.41, 5.74) is 24.0. The van der Waals surface area contributed by atoms with Crippen molar-refractivity contribution in [3.8, 4) is 0 Å². The number of β-lactam (4-membered cyclic amide) rings is 1. The molecule has 0 bridgehead atoms. The molecular formula is C44H74N8O17S. The van der Waals surface area contributed by atoms with Crippen LogP contribution in [0.2, 0.25) is 0 Å². The van der Waals surface area contributed by atoms with Crippen molar-refractivity contribution in [2.24, 2.45) is 22.9 Å². The molecule has 6 rings (SSSR count). The Morgan fingerprint density at radius 3 is 2.13 bits per heavy atom. The van der Waals surface area contributed by atoms with Gasteiger partial charge in [-0.25, -0.2) is 4.79 Å². The fourth-order valence-electron chi connectivity index (χ4n) is 9.09. The lowest BCUT2D eigenvalue weighted by atomic mass is 9.83. The number of thioether (sulfide) groups is 1. The Balaban J connectivity index is 0.000000271. The molecule has 4 saturated heterocycles. The van der Waals surface area contributed by atoms with Crippen molar-refractivity contribution in [2.45, 2.75) is 167 Å². The third kappa shape index (κ3) is 13.3. The van der Waals surface area contributed by atoms with E-state index in [2.05, 4.69) is 29.4 Å². The molecule has 18 N–H and O–H groups in total. The number of hydrogen-bond acceptors (Lipinski definition) is 23. The molecule has 0 spiro atoms. The molecule has 25 nitrogen and oxygen atoms in total. The van der Waals surface area contributed by atoms with Crippen molar-refractivity contribution in [1.29, 1.82) is 0 Å². The summed E-state index contributed by atoms with van der Waals surface area (Å²) in [4.78, 5) is 54.3. The lowest BCUT2D eigenvalue weighted by molar-refractivity contribution is -0.332. The molecule has 4 heterocycles. The average molecular weight is 1020 g/mol. The number of rotatable bonds is 19. The molecule has 0 aromatic heterocycles. The van der Waals surface area contributed by atoms with Gasteiger partial charge in [0, 0.05) is 23.9 Å². The first-order valence-electron chi connectivity index (χ1n) is 23.6. The second kappa shape index (κ2) is 25.6. The molecule has 5 aliphatic rings. The normalized spacial score (nSPS) is 37.3. The number of carbonyl (C=O) groups excluding carboxylic acids is 4. The zero-order chi connectivity index (χ0) is 51.8. The maximum absolute atomic E-state index is 12.8. The van der Waals surface area contributed by atoms with E-state index in [1.165, 1.54) is 0 Å². The van der Waals surface area contributed by atoms with Crippen LogP contribution in [0.4, 0.5) is 0 Å². The molecule has 26 heteroatoms. The molecule has 0 unspecified atom stereocenters. The highest BCUT2D eigenvalue weighted by Gasteiger charge is 2.64. The second-order valence-electron chi connectivity index (χ2n) is 18.5. The maximum Gasteiger partial charge on any atom is 0.330 e. The van der Waals surface area contributed by atoms with E-state index in [1.54, 1.807) is 16.7 Å². The number of fused-ring (bicyclic) bond motifs is 1. The highest BCUT2D eigenvalue weighted by atomic mass is 32.2. The zero-order valence-corrected chi connectivity index (χ0v) is 40.6. The van der Waals surface area contributed by atoms with E-state index < -0.39 is 127 Å². The lowest BCUT2D eigenvalue weighted by Crippen LogP contribution is -2.70. The predicted molar refractivity (Wildman–Crippen MR) is 248 cm³/mol. The average Bonchev–Trinajstić information content (AvgIpc) is 3.59. The van der Waals surface area contributed by atoms with Gasteiger partial charge in [0.25, 0.3) is 0 Å². The minimum Gasteiger partial charge on any atom is -0.463 e. The topological polar surface area (TPSA) is 411 Å². The summed E-state index contributed by atoms with van der Waals surface area (Å²) in [6.45, 7) is 9.91. The van der Waals surface area contributed by atoms with Gasteiger partial charge >= 0.3 is 5.97 Å². The third-order valence-corrected chi connectivity index (χ3v) is 14.8. The number of amides is 3. The van der Waals surface area contributed by atoms with Gasteiger partial charge in [-0.2, -0.15) is 0 Å². The Morgan fingerprint density at radius 2 is 1.51 bits per heavy atom. The molecule has 1 aromatic carbocycles. The summed E-state index contributed by atoms with van der Waals surface area (Å²) in [7, 11) is 0. The van der Waals surface area contributed by atoms with Crippen LogP contribution in [0.15, 0.2) is 30.3 Å². The quantitative estimate of drug-likeness (QED) is 0.0452. The smallest absolute Gasteiger partial charge is 0.330 e. The van der Waals surface area contributed by atoms with Gasteiger partial charge in [-0.3, -0.25) is 14.4 Å². The molecule has 0 radical (unpaired) electrons. The van der Waals surface area contributed by atoms with Crippen LogP contribution in [0, 0.1) is 0 Å². The van der Waals surface area contributed by atoms with Gasteiger partial charge in [-0.05, 0) is 51.9 Å². The van der Waals surface area contributed by atoms with Crippen molar-refractivity contribution in [1.82, 2.24) is 20.4 Å².